The summed E-state index contributed by atoms with van der Waals surface area (Å²) < 4.78 is 6.63. The van der Waals surface area contributed by atoms with Crippen LogP contribution in [0.25, 0.3) is 10.9 Å². The van der Waals surface area contributed by atoms with Gasteiger partial charge in [0.25, 0.3) is 0 Å². The number of para-hydroxylation sites is 1. The maximum atomic E-state index is 12.2. The Balaban J connectivity index is 2.10. The van der Waals surface area contributed by atoms with Gasteiger partial charge in [0.15, 0.2) is 0 Å². The first-order valence-corrected chi connectivity index (χ1v) is 7.82. The number of Topliss-reactive ketones (excluding diaryl/α,β-unsaturated/α-hetero) is 1. The number of fused-ring (bicyclic) bond motifs is 1. The maximum Gasteiger partial charge on any atom is 0.374 e. The van der Waals surface area contributed by atoms with Gasteiger partial charge in [0.05, 0.1) is 7.11 Å². The lowest BCUT2D eigenvalue weighted by Gasteiger charge is -2.16. The molecule has 0 radical (unpaired) electrons. The molecule has 122 valence electrons. The number of hydrogen-bond donors (Lipinski definition) is 0. The summed E-state index contributed by atoms with van der Waals surface area (Å²) in [6, 6.07) is 17.8. The number of rotatable bonds is 5. The van der Waals surface area contributed by atoms with Crippen LogP contribution in [0.2, 0.25) is 0 Å². The molecule has 0 unspecified atom stereocenters. The van der Waals surface area contributed by atoms with Crippen LogP contribution in [-0.4, -0.2) is 23.4 Å². The topological polar surface area (TPSA) is 48.3 Å². The van der Waals surface area contributed by atoms with Crippen molar-refractivity contribution in [1.82, 2.24) is 4.57 Å². The number of carbonyl (C=O) groups is 2. The molecule has 24 heavy (non-hydrogen) atoms. The summed E-state index contributed by atoms with van der Waals surface area (Å²) in [5, 5.41) is 1.09. The molecule has 1 aromatic heterocycles. The first kappa shape index (κ1) is 16.0. The van der Waals surface area contributed by atoms with E-state index in [0.717, 1.165) is 22.0 Å². The highest BCUT2D eigenvalue weighted by Gasteiger charge is 2.25. The van der Waals surface area contributed by atoms with Crippen LogP contribution in [0.4, 0.5) is 0 Å². The molecular weight excluding hydrogens is 302 g/mol. The molecule has 3 rings (SSSR count). The zero-order valence-electron chi connectivity index (χ0n) is 13.7. The Labute approximate surface area is 140 Å². The van der Waals surface area contributed by atoms with Crippen molar-refractivity contribution >= 4 is 22.7 Å². The molecule has 0 aliphatic carbocycles. The minimum absolute atomic E-state index is 0.0880. The Morgan fingerprint density at radius 2 is 1.71 bits per heavy atom. The number of methoxy groups -OCH3 is 1. The van der Waals surface area contributed by atoms with Crippen LogP contribution < -0.4 is 0 Å². The van der Waals surface area contributed by atoms with Gasteiger partial charge in [-0.1, -0.05) is 48.5 Å². The van der Waals surface area contributed by atoms with Gasteiger partial charge in [-0.15, -0.1) is 0 Å². The van der Waals surface area contributed by atoms with Crippen molar-refractivity contribution in [3.8, 4) is 0 Å². The maximum absolute atomic E-state index is 12.2. The van der Waals surface area contributed by atoms with Crippen LogP contribution in [0.15, 0.2) is 60.8 Å². The molecule has 4 nitrogen and oxygen atoms in total. The van der Waals surface area contributed by atoms with Crippen molar-refractivity contribution < 1.29 is 14.3 Å². The van der Waals surface area contributed by atoms with E-state index in [0.29, 0.717) is 0 Å². The summed E-state index contributed by atoms with van der Waals surface area (Å²) in [6.07, 6.45) is 2.12. The van der Waals surface area contributed by atoms with E-state index < -0.39 is 11.8 Å². The van der Waals surface area contributed by atoms with Crippen LogP contribution in [0.3, 0.4) is 0 Å². The highest BCUT2D eigenvalue weighted by atomic mass is 16.5. The predicted octanol–water partition coefficient (Wildman–Crippen LogP) is 3.44. The monoisotopic (exact) mass is 321 g/mol. The fraction of sp³-hybridized carbons (Fsp3) is 0.200. The molecular formula is C20H19NO3. The number of nitrogens with zero attached hydrogens (tertiary/aromatic N) is 1. The van der Waals surface area contributed by atoms with E-state index >= 15 is 0 Å². The van der Waals surface area contributed by atoms with E-state index in [1.807, 2.05) is 72.4 Å². The lowest BCUT2D eigenvalue weighted by Crippen LogP contribution is -2.19. The lowest BCUT2D eigenvalue weighted by molar-refractivity contribution is -0.151. The van der Waals surface area contributed by atoms with Gasteiger partial charge in [-0.3, -0.25) is 4.79 Å². The standard InChI is InChI=1S/C20H19NO3/c1-21-13-17(15-10-6-7-11-18(15)21)16(12-19(22)20(23)24-2)14-8-4-3-5-9-14/h3-11,13,16H,12H2,1-2H3/t16-/m0/s1. The molecule has 1 atom stereocenters. The molecule has 0 spiro atoms. The average molecular weight is 321 g/mol. The normalized spacial score (nSPS) is 12.1. The van der Waals surface area contributed by atoms with Crippen molar-refractivity contribution in [2.75, 3.05) is 7.11 Å². The van der Waals surface area contributed by atoms with Crippen molar-refractivity contribution in [2.45, 2.75) is 12.3 Å². The van der Waals surface area contributed by atoms with Crippen LogP contribution in [0, 0.1) is 0 Å². The van der Waals surface area contributed by atoms with Crippen LogP contribution >= 0.6 is 0 Å². The van der Waals surface area contributed by atoms with Crippen molar-refractivity contribution in [3.63, 3.8) is 0 Å². The Kier molecular flexibility index (Phi) is 4.47. The number of benzene rings is 2. The second-order valence-corrected chi connectivity index (χ2v) is 5.79. The minimum Gasteiger partial charge on any atom is -0.463 e. The predicted molar refractivity (Wildman–Crippen MR) is 92.8 cm³/mol. The third kappa shape index (κ3) is 2.95. The first-order chi connectivity index (χ1) is 11.6. The second-order valence-electron chi connectivity index (χ2n) is 5.79. The summed E-state index contributed by atoms with van der Waals surface area (Å²) in [7, 11) is 3.21. The number of ether oxygens (including phenoxy) is 1. The van der Waals surface area contributed by atoms with Gasteiger partial charge >= 0.3 is 5.97 Å². The number of aryl methyl sites for hydroxylation is 1. The first-order valence-electron chi connectivity index (χ1n) is 7.82. The molecule has 0 amide bonds. The Morgan fingerprint density at radius 1 is 1.04 bits per heavy atom. The Bertz CT molecular complexity index is 880. The van der Waals surface area contributed by atoms with Crippen LogP contribution in [0.5, 0.6) is 0 Å². The molecule has 1 heterocycles. The summed E-state index contributed by atoms with van der Waals surface area (Å²) in [6.45, 7) is 0. The van der Waals surface area contributed by atoms with E-state index in [2.05, 4.69) is 4.74 Å². The van der Waals surface area contributed by atoms with Crippen LogP contribution in [0.1, 0.15) is 23.5 Å². The zero-order valence-corrected chi connectivity index (χ0v) is 13.7. The highest BCUT2D eigenvalue weighted by Crippen LogP contribution is 2.34. The average Bonchev–Trinajstić information content (AvgIpc) is 2.96. The van der Waals surface area contributed by atoms with Crippen molar-refractivity contribution in [3.05, 3.63) is 71.9 Å². The Morgan fingerprint density at radius 3 is 2.42 bits per heavy atom. The lowest BCUT2D eigenvalue weighted by atomic mass is 9.87. The molecule has 0 aliphatic heterocycles. The summed E-state index contributed by atoms with van der Waals surface area (Å²) in [5.41, 5.74) is 3.14. The quantitative estimate of drug-likeness (QED) is 0.534. The van der Waals surface area contributed by atoms with Gasteiger partial charge in [-0.2, -0.15) is 0 Å². The third-order valence-electron chi connectivity index (χ3n) is 4.31. The van der Waals surface area contributed by atoms with E-state index in [-0.39, 0.29) is 12.3 Å². The van der Waals surface area contributed by atoms with E-state index in [9.17, 15) is 9.59 Å². The number of esters is 1. The van der Waals surface area contributed by atoms with E-state index in [4.69, 9.17) is 0 Å². The fourth-order valence-corrected chi connectivity index (χ4v) is 3.13. The van der Waals surface area contributed by atoms with Gasteiger partial charge in [-0.05, 0) is 17.2 Å². The summed E-state index contributed by atoms with van der Waals surface area (Å²) in [5.74, 6) is -1.50. The smallest absolute Gasteiger partial charge is 0.374 e. The molecule has 0 saturated carbocycles. The molecule has 2 aromatic carbocycles. The second kappa shape index (κ2) is 6.71. The van der Waals surface area contributed by atoms with Gasteiger partial charge in [0.1, 0.15) is 0 Å². The summed E-state index contributed by atoms with van der Waals surface area (Å²) >= 11 is 0. The SMILES string of the molecule is COC(=O)C(=O)C[C@@H](c1ccccc1)c1cn(C)c2ccccc12. The molecule has 0 bridgehead atoms. The minimum atomic E-state index is -0.795. The molecule has 4 heteroatoms. The fourth-order valence-electron chi connectivity index (χ4n) is 3.13. The zero-order chi connectivity index (χ0) is 17.1. The molecule has 0 fully saturated rings. The number of ketones is 1. The summed E-state index contributed by atoms with van der Waals surface area (Å²) in [4.78, 5) is 23.8. The van der Waals surface area contributed by atoms with Crippen molar-refractivity contribution in [1.29, 1.82) is 0 Å². The van der Waals surface area contributed by atoms with E-state index in [1.54, 1.807) is 0 Å². The number of aromatic nitrogens is 1. The van der Waals surface area contributed by atoms with Gasteiger partial charge in [-0.25, -0.2) is 4.79 Å². The van der Waals surface area contributed by atoms with Gasteiger partial charge in [0, 0.05) is 36.5 Å². The number of hydrogen-bond acceptors (Lipinski definition) is 3. The largest absolute Gasteiger partial charge is 0.463 e. The Hall–Kier alpha value is -2.88. The molecule has 3 aromatic rings. The molecule has 0 saturated heterocycles. The highest BCUT2D eigenvalue weighted by molar-refractivity contribution is 6.33. The molecule has 0 N–H and O–H groups in total. The van der Waals surface area contributed by atoms with Gasteiger partial charge in [0.2, 0.25) is 5.78 Å². The molecule has 0 aliphatic rings. The number of carbonyl (C=O) groups excluding carboxylic acids is 2. The van der Waals surface area contributed by atoms with Gasteiger partial charge < -0.3 is 9.30 Å². The third-order valence-corrected chi connectivity index (χ3v) is 4.31. The van der Waals surface area contributed by atoms with Crippen LogP contribution in [-0.2, 0) is 21.4 Å². The van der Waals surface area contributed by atoms with Crippen molar-refractivity contribution in [2.24, 2.45) is 7.05 Å². The van der Waals surface area contributed by atoms with E-state index in [1.165, 1.54) is 7.11 Å².